The van der Waals surface area contributed by atoms with Crippen LogP contribution in [0.3, 0.4) is 0 Å². The first-order valence-electron chi connectivity index (χ1n) is 7.95. The van der Waals surface area contributed by atoms with Crippen molar-refractivity contribution >= 4 is 0 Å². The van der Waals surface area contributed by atoms with Gasteiger partial charge in [0.15, 0.2) is 0 Å². The molecule has 0 amide bonds. The molecular formula is C20H22. The molecule has 0 heterocycles. The Kier molecular flexibility index (Phi) is 2.73. The van der Waals surface area contributed by atoms with Crippen LogP contribution in [0.2, 0.25) is 0 Å². The lowest BCUT2D eigenvalue weighted by molar-refractivity contribution is 0.457. The summed E-state index contributed by atoms with van der Waals surface area (Å²) >= 11 is 0. The summed E-state index contributed by atoms with van der Waals surface area (Å²) in [5, 5.41) is 0. The molecule has 0 bridgehead atoms. The predicted molar refractivity (Wildman–Crippen MR) is 84.3 cm³/mol. The molecule has 20 heavy (non-hydrogen) atoms. The van der Waals surface area contributed by atoms with Crippen LogP contribution in [0.1, 0.15) is 59.9 Å². The van der Waals surface area contributed by atoms with Crippen LogP contribution in [0.25, 0.3) is 0 Å². The standard InChI is InChI=1S/C20H22/c1-13(2)12-15-7-5-9-17-18-11-10-14-6-3-4-8-16(14)20(18)19(15)17/h3-9,13,18,20H,10-12H2,1-2H3. The lowest BCUT2D eigenvalue weighted by Gasteiger charge is -2.46. The first-order chi connectivity index (χ1) is 9.75. The molecular weight excluding hydrogens is 240 g/mol. The number of hydrogen-bond donors (Lipinski definition) is 0. The van der Waals surface area contributed by atoms with E-state index in [4.69, 9.17) is 0 Å². The predicted octanol–water partition coefficient (Wildman–Crippen LogP) is 5.06. The molecule has 0 nitrogen and oxygen atoms in total. The summed E-state index contributed by atoms with van der Waals surface area (Å²) in [6, 6.07) is 16.1. The Hall–Kier alpha value is -1.56. The van der Waals surface area contributed by atoms with Crippen LogP contribution < -0.4 is 0 Å². The minimum atomic E-state index is 0.685. The largest absolute Gasteiger partial charge is 0.0625 e. The van der Waals surface area contributed by atoms with E-state index in [0.717, 1.165) is 11.8 Å². The van der Waals surface area contributed by atoms with Crippen LogP contribution in [0.4, 0.5) is 0 Å². The molecule has 0 spiro atoms. The Morgan fingerprint density at radius 1 is 1.00 bits per heavy atom. The second-order valence-corrected chi connectivity index (χ2v) is 6.84. The lowest BCUT2D eigenvalue weighted by atomic mass is 9.58. The molecule has 4 rings (SSSR count). The van der Waals surface area contributed by atoms with Crippen LogP contribution >= 0.6 is 0 Å². The van der Waals surface area contributed by atoms with Crippen molar-refractivity contribution in [2.45, 2.75) is 44.9 Å². The normalized spacial score (nSPS) is 22.8. The number of aryl methyl sites for hydroxylation is 1. The highest BCUT2D eigenvalue weighted by atomic mass is 14.5. The van der Waals surface area contributed by atoms with Crippen LogP contribution in [0, 0.1) is 5.92 Å². The molecule has 0 radical (unpaired) electrons. The number of hydrogen-bond acceptors (Lipinski definition) is 0. The Morgan fingerprint density at radius 2 is 1.80 bits per heavy atom. The molecule has 0 saturated carbocycles. The average molecular weight is 262 g/mol. The zero-order valence-electron chi connectivity index (χ0n) is 12.4. The Labute approximate surface area is 121 Å². The zero-order valence-corrected chi connectivity index (χ0v) is 12.4. The molecule has 0 N–H and O–H groups in total. The van der Waals surface area contributed by atoms with Gasteiger partial charge in [0.25, 0.3) is 0 Å². The molecule has 2 aromatic carbocycles. The van der Waals surface area contributed by atoms with Crippen molar-refractivity contribution in [2.75, 3.05) is 0 Å². The van der Waals surface area contributed by atoms with Gasteiger partial charge in [-0.25, -0.2) is 0 Å². The summed E-state index contributed by atoms with van der Waals surface area (Å²) in [7, 11) is 0. The van der Waals surface area contributed by atoms with Crippen molar-refractivity contribution in [3.63, 3.8) is 0 Å². The maximum Gasteiger partial charge on any atom is 0.0167 e. The first kappa shape index (κ1) is 12.2. The van der Waals surface area contributed by atoms with Crippen molar-refractivity contribution in [3.8, 4) is 0 Å². The van der Waals surface area contributed by atoms with Gasteiger partial charge in [0, 0.05) is 5.92 Å². The van der Waals surface area contributed by atoms with Crippen molar-refractivity contribution < 1.29 is 0 Å². The molecule has 0 aliphatic heterocycles. The fraction of sp³-hybridized carbons (Fsp3) is 0.400. The smallest absolute Gasteiger partial charge is 0.0167 e. The summed E-state index contributed by atoms with van der Waals surface area (Å²) in [5.74, 6) is 2.20. The molecule has 2 unspecified atom stereocenters. The maximum atomic E-state index is 2.37. The van der Waals surface area contributed by atoms with E-state index in [1.54, 1.807) is 27.8 Å². The molecule has 2 aliphatic carbocycles. The van der Waals surface area contributed by atoms with Crippen LogP contribution in [0.15, 0.2) is 42.5 Å². The molecule has 0 aromatic heterocycles. The van der Waals surface area contributed by atoms with Crippen molar-refractivity contribution in [3.05, 3.63) is 70.3 Å². The van der Waals surface area contributed by atoms with Crippen LogP contribution in [-0.4, -0.2) is 0 Å². The van der Waals surface area contributed by atoms with Gasteiger partial charge in [0.05, 0.1) is 0 Å². The Bertz CT molecular complexity index is 651. The highest BCUT2D eigenvalue weighted by Gasteiger charge is 2.42. The van der Waals surface area contributed by atoms with Gasteiger partial charge in [-0.15, -0.1) is 0 Å². The maximum absolute atomic E-state index is 2.37. The number of benzene rings is 2. The Balaban J connectivity index is 1.83. The molecule has 2 aliphatic rings. The van der Waals surface area contributed by atoms with E-state index in [0.29, 0.717) is 5.92 Å². The number of rotatable bonds is 2. The molecule has 0 saturated heterocycles. The topological polar surface area (TPSA) is 0 Å². The fourth-order valence-electron chi connectivity index (χ4n) is 4.31. The van der Waals surface area contributed by atoms with E-state index in [9.17, 15) is 0 Å². The lowest BCUT2D eigenvalue weighted by Crippen LogP contribution is -2.31. The van der Waals surface area contributed by atoms with Gasteiger partial charge in [-0.1, -0.05) is 56.3 Å². The van der Waals surface area contributed by atoms with Gasteiger partial charge < -0.3 is 0 Å². The summed E-state index contributed by atoms with van der Waals surface area (Å²) in [6.07, 6.45) is 3.81. The molecule has 2 atom stereocenters. The number of fused-ring (bicyclic) bond motifs is 6. The van der Waals surface area contributed by atoms with Gasteiger partial charge in [-0.3, -0.25) is 0 Å². The highest BCUT2D eigenvalue weighted by Crippen LogP contribution is 2.57. The third-order valence-corrected chi connectivity index (χ3v) is 5.09. The molecule has 0 fully saturated rings. The SMILES string of the molecule is CC(C)Cc1cccc2c1C1c3ccccc3CCC21. The van der Waals surface area contributed by atoms with E-state index >= 15 is 0 Å². The van der Waals surface area contributed by atoms with Gasteiger partial charge in [-0.2, -0.15) is 0 Å². The van der Waals surface area contributed by atoms with Gasteiger partial charge >= 0.3 is 0 Å². The third-order valence-electron chi connectivity index (χ3n) is 5.09. The molecule has 102 valence electrons. The molecule has 0 heteroatoms. The molecule has 2 aromatic rings. The zero-order chi connectivity index (χ0) is 13.7. The van der Waals surface area contributed by atoms with E-state index in [-0.39, 0.29) is 0 Å². The monoisotopic (exact) mass is 262 g/mol. The van der Waals surface area contributed by atoms with Crippen LogP contribution in [-0.2, 0) is 12.8 Å². The summed E-state index contributed by atoms with van der Waals surface area (Å²) < 4.78 is 0. The van der Waals surface area contributed by atoms with Gasteiger partial charge in [0.1, 0.15) is 0 Å². The second kappa shape index (κ2) is 4.48. The van der Waals surface area contributed by atoms with E-state index in [1.165, 1.54) is 19.3 Å². The van der Waals surface area contributed by atoms with Crippen LogP contribution in [0.5, 0.6) is 0 Å². The second-order valence-electron chi connectivity index (χ2n) is 6.84. The van der Waals surface area contributed by atoms with E-state index < -0.39 is 0 Å². The minimum absolute atomic E-state index is 0.685. The van der Waals surface area contributed by atoms with Crippen molar-refractivity contribution in [1.82, 2.24) is 0 Å². The van der Waals surface area contributed by atoms with Crippen molar-refractivity contribution in [2.24, 2.45) is 5.92 Å². The van der Waals surface area contributed by atoms with Gasteiger partial charge in [0.2, 0.25) is 0 Å². The minimum Gasteiger partial charge on any atom is -0.0625 e. The first-order valence-corrected chi connectivity index (χ1v) is 7.95. The summed E-state index contributed by atoms with van der Waals surface area (Å²) in [6.45, 7) is 4.65. The van der Waals surface area contributed by atoms with Crippen molar-refractivity contribution in [1.29, 1.82) is 0 Å². The quantitative estimate of drug-likeness (QED) is 0.709. The van der Waals surface area contributed by atoms with E-state index in [2.05, 4.69) is 56.3 Å². The summed E-state index contributed by atoms with van der Waals surface area (Å²) in [4.78, 5) is 0. The van der Waals surface area contributed by atoms with E-state index in [1.807, 2.05) is 0 Å². The summed E-state index contributed by atoms with van der Waals surface area (Å²) in [5.41, 5.74) is 8.09. The highest BCUT2D eigenvalue weighted by molar-refractivity contribution is 5.58. The third kappa shape index (κ3) is 1.67. The average Bonchev–Trinajstić information content (AvgIpc) is 2.42. The van der Waals surface area contributed by atoms with Gasteiger partial charge in [-0.05, 0) is 58.9 Å². The Morgan fingerprint density at radius 3 is 2.65 bits per heavy atom. The fourth-order valence-corrected chi connectivity index (χ4v) is 4.31.